The van der Waals surface area contributed by atoms with Gasteiger partial charge < -0.3 is 10.3 Å². The third-order valence-corrected chi connectivity index (χ3v) is 5.66. The van der Waals surface area contributed by atoms with E-state index in [2.05, 4.69) is 15.0 Å². The molecule has 0 saturated heterocycles. The van der Waals surface area contributed by atoms with Crippen molar-refractivity contribution in [1.82, 2.24) is 9.71 Å². The van der Waals surface area contributed by atoms with Crippen molar-refractivity contribution in [2.45, 2.75) is 31.2 Å². The summed E-state index contributed by atoms with van der Waals surface area (Å²) in [6.45, 7) is 5.29. The summed E-state index contributed by atoms with van der Waals surface area (Å²) in [7, 11) is -3.69. The molecular weight excluding hydrogens is 386 g/mol. The molecule has 0 unspecified atom stereocenters. The van der Waals surface area contributed by atoms with Gasteiger partial charge in [-0.25, -0.2) is 13.1 Å². The van der Waals surface area contributed by atoms with E-state index in [0.29, 0.717) is 16.4 Å². The van der Waals surface area contributed by atoms with Crippen LogP contribution in [0.1, 0.15) is 31.3 Å². The summed E-state index contributed by atoms with van der Waals surface area (Å²) in [4.78, 5) is 15.6. The summed E-state index contributed by atoms with van der Waals surface area (Å²) in [6, 6.07) is 13.1. The Kier molecular flexibility index (Phi) is 5.03. The fourth-order valence-corrected chi connectivity index (χ4v) is 4.27. The first-order valence-corrected chi connectivity index (χ1v) is 10.1. The highest BCUT2D eigenvalue weighted by Crippen LogP contribution is 2.22. The first-order valence-electron chi connectivity index (χ1n) is 8.27. The molecule has 0 aliphatic rings. The normalized spacial score (nSPS) is 12.3. The molecular formula is C19H20ClN3O3S. The Labute approximate surface area is 163 Å². The second-order valence-electron chi connectivity index (χ2n) is 7.25. The quantitative estimate of drug-likeness (QED) is 0.608. The zero-order chi connectivity index (χ0) is 19.8. The van der Waals surface area contributed by atoms with Crippen LogP contribution in [0.15, 0.2) is 53.4 Å². The molecule has 0 atom stereocenters. The standard InChI is InChI=1S/C19H20ClN3O3S/c1-19(2,3)23-27(25,26)15-6-4-5-14(11-15)21-18(24)17-10-12-9-13(20)7-8-16(12)22-17/h4-11,22-23H,1-3H3,(H,21,24). The lowest BCUT2D eigenvalue weighted by Crippen LogP contribution is -2.40. The summed E-state index contributed by atoms with van der Waals surface area (Å²) in [6.07, 6.45) is 0. The van der Waals surface area contributed by atoms with Gasteiger partial charge in [-0.15, -0.1) is 0 Å². The van der Waals surface area contributed by atoms with Gasteiger partial charge in [0.1, 0.15) is 5.69 Å². The number of sulfonamides is 1. The number of carbonyl (C=O) groups excluding carboxylic acids is 1. The van der Waals surface area contributed by atoms with Crippen molar-refractivity contribution in [2.24, 2.45) is 0 Å². The lowest BCUT2D eigenvalue weighted by atomic mass is 10.1. The Balaban J connectivity index is 1.84. The highest BCUT2D eigenvalue weighted by Gasteiger charge is 2.22. The molecule has 0 radical (unpaired) electrons. The Morgan fingerprint density at radius 1 is 1.07 bits per heavy atom. The number of aromatic amines is 1. The number of amides is 1. The van der Waals surface area contributed by atoms with E-state index in [1.165, 1.54) is 12.1 Å². The highest BCUT2D eigenvalue weighted by molar-refractivity contribution is 7.89. The van der Waals surface area contributed by atoms with Crippen LogP contribution in [0.3, 0.4) is 0 Å². The van der Waals surface area contributed by atoms with E-state index in [1.807, 2.05) is 0 Å². The molecule has 3 N–H and O–H groups in total. The molecule has 8 heteroatoms. The molecule has 142 valence electrons. The van der Waals surface area contributed by atoms with Gasteiger partial charge in [-0.3, -0.25) is 4.79 Å². The topological polar surface area (TPSA) is 91.1 Å². The summed E-state index contributed by atoms with van der Waals surface area (Å²) < 4.78 is 27.5. The van der Waals surface area contributed by atoms with Crippen LogP contribution in [-0.2, 0) is 10.0 Å². The number of benzene rings is 2. The summed E-state index contributed by atoms with van der Waals surface area (Å²) in [5.74, 6) is -0.374. The van der Waals surface area contributed by atoms with Crippen LogP contribution in [0, 0.1) is 0 Å². The SMILES string of the molecule is CC(C)(C)NS(=O)(=O)c1cccc(NC(=O)c2cc3cc(Cl)ccc3[nH]2)c1. The molecule has 6 nitrogen and oxygen atoms in total. The number of rotatable bonds is 4. The van der Waals surface area contributed by atoms with Gasteiger partial charge in [-0.1, -0.05) is 17.7 Å². The van der Waals surface area contributed by atoms with Crippen LogP contribution < -0.4 is 10.0 Å². The number of anilines is 1. The molecule has 0 aliphatic heterocycles. The van der Waals surface area contributed by atoms with Gasteiger partial charge in [0.05, 0.1) is 4.90 Å². The smallest absolute Gasteiger partial charge is 0.272 e. The molecule has 3 aromatic rings. The fraction of sp³-hybridized carbons (Fsp3) is 0.211. The lowest BCUT2D eigenvalue weighted by molar-refractivity contribution is 0.102. The molecule has 0 fully saturated rings. The first kappa shape index (κ1) is 19.4. The van der Waals surface area contributed by atoms with Crippen LogP contribution in [0.4, 0.5) is 5.69 Å². The van der Waals surface area contributed by atoms with Crippen molar-refractivity contribution < 1.29 is 13.2 Å². The Hall–Kier alpha value is -2.35. The largest absolute Gasteiger partial charge is 0.351 e. The molecule has 1 aromatic heterocycles. The second kappa shape index (κ2) is 6.99. The van der Waals surface area contributed by atoms with Gasteiger partial charge in [0.25, 0.3) is 5.91 Å². The van der Waals surface area contributed by atoms with Gasteiger partial charge in [0.2, 0.25) is 10.0 Å². The number of nitrogens with one attached hydrogen (secondary N) is 3. The zero-order valence-electron chi connectivity index (χ0n) is 15.1. The van der Waals surface area contributed by atoms with Gasteiger partial charge in [0.15, 0.2) is 0 Å². The van der Waals surface area contributed by atoms with Crippen LogP contribution in [0.2, 0.25) is 5.02 Å². The number of halogens is 1. The number of H-pyrrole nitrogens is 1. The number of fused-ring (bicyclic) bond motifs is 1. The third kappa shape index (κ3) is 4.68. The summed E-state index contributed by atoms with van der Waals surface area (Å²) >= 11 is 5.97. The Morgan fingerprint density at radius 3 is 2.52 bits per heavy atom. The molecule has 3 rings (SSSR count). The van der Waals surface area contributed by atoms with Gasteiger partial charge in [-0.05, 0) is 63.2 Å². The van der Waals surface area contributed by atoms with E-state index in [0.717, 1.165) is 10.9 Å². The first-order chi connectivity index (χ1) is 12.5. The van der Waals surface area contributed by atoms with Crippen LogP contribution in [-0.4, -0.2) is 24.8 Å². The molecule has 0 aliphatic carbocycles. The number of hydrogen-bond acceptors (Lipinski definition) is 3. The van der Waals surface area contributed by atoms with Crippen molar-refractivity contribution in [3.63, 3.8) is 0 Å². The molecule has 1 amide bonds. The average molecular weight is 406 g/mol. The maximum absolute atomic E-state index is 12.5. The molecule has 27 heavy (non-hydrogen) atoms. The van der Waals surface area contributed by atoms with E-state index < -0.39 is 15.6 Å². The monoisotopic (exact) mass is 405 g/mol. The highest BCUT2D eigenvalue weighted by atomic mass is 35.5. The maximum Gasteiger partial charge on any atom is 0.272 e. The van der Waals surface area contributed by atoms with Gasteiger partial charge in [-0.2, -0.15) is 0 Å². The predicted molar refractivity (Wildman–Crippen MR) is 108 cm³/mol. The Morgan fingerprint density at radius 2 is 1.81 bits per heavy atom. The van der Waals surface area contributed by atoms with Gasteiger partial charge >= 0.3 is 0 Å². The van der Waals surface area contributed by atoms with Crippen molar-refractivity contribution in [3.8, 4) is 0 Å². The minimum absolute atomic E-state index is 0.0821. The minimum Gasteiger partial charge on any atom is -0.351 e. The minimum atomic E-state index is -3.69. The molecule has 2 aromatic carbocycles. The number of carbonyl (C=O) groups is 1. The van der Waals surface area contributed by atoms with Crippen LogP contribution >= 0.6 is 11.6 Å². The van der Waals surface area contributed by atoms with Crippen molar-refractivity contribution in [3.05, 3.63) is 59.2 Å². The fourth-order valence-electron chi connectivity index (χ4n) is 2.63. The number of hydrogen-bond donors (Lipinski definition) is 3. The second-order valence-corrected chi connectivity index (χ2v) is 9.37. The van der Waals surface area contributed by atoms with E-state index in [4.69, 9.17) is 11.6 Å². The van der Waals surface area contributed by atoms with E-state index in [1.54, 1.807) is 57.2 Å². The maximum atomic E-state index is 12.5. The van der Waals surface area contributed by atoms with E-state index >= 15 is 0 Å². The lowest BCUT2D eigenvalue weighted by Gasteiger charge is -2.20. The van der Waals surface area contributed by atoms with Crippen molar-refractivity contribution >= 4 is 44.1 Å². The Bertz CT molecular complexity index is 1110. The molecule has 0 spiro atoms. The number of aromatic nitrogens is 1. The zero-order valence-corrected chi connectivity index (χ0v) is 16.7. The third-order valence-electron chi connectivity index (χ3n) is 3.67. The van der Waals surface area contributed by atoms with E-state index in [9.17, 15) is 13.2 Å². The molecule has 0 bridgehead atoms. The summed E-state index contributed by atoms with van der Waals surface area (Å²) in [5, 5.41) is 4.11. The van der Waals surface area contributed by atoms with Crippen molar-refractivity contribution in [2.75, 3.05) is 5.32 Å². The van der Waals surface area contributed by atoms with E-state index in [-0.39, 0.29) is 10.8 Å². The average Bonchev–Trinajstić information content (AvgIpc) is 2.96. The van der Waals surface area contributed by atoms with Gasteiger partial charge in [0, 0.05) is 27.2 Å². The predicted octanol–water partition coefficient (Wildman–Crippen LogP) is 4.15. The molecule has 1 heterocycles. The van der Waals surface area contributed by atoms with Crippen LogP contribution in [0.5, 0.6) is 0 Å². The van der Waals surface area contributed by atoms with Crippen molar-refractivity contribution in [1.29, 1.82) is 0 Å². The summed E-state index contributed by atoms with van der Waals surface area (Å²) in [5.41, 5.74) is 0.918. The molecule has 0 saturated carbocycles. The van der Waals surface area contributed by atoms with Crippen LogP contribution in [0.25, 0.3) is 10.9 Å².